The highest BCUT2D eigenvalue weighted by molar-refractivity contribution is 7.92. The average Bonchev–Trinajstić information content (AvgIpc) is 2.72. The molecule has 2 N–H and O–H groups in total. The van der Waals surface area contributed by atoms with Gasteiger partial charge >= 0.3 is 5.97 Å². The number of carboxylic acids is 1. The van der Waals surface area contributed by atoms with Gasteiger partial charge in [0.25, 0.3) is 10.0 Å². The second-order valence-corrected chi connectivity index (χ2v) is 7.77. The lowest BCUT2D eigenvalue weighted by molar-refractivity contribution is 0.0697. The van der Waals surface area contributed by atoms with Crippen LogP contribution in [0.1, 0.15) is 10.4 Å². The minimum Gasteiger partial charge on any atom is -0.490 e. The van der Waals surface area contributed by atoms with Crippen LogP contribution < -0.4 is 14.2 Å². The summed E-state index contributed by atoms with van der Waals surface area (Å²) in [4.78, 5) is 10.6. The largest absolute Gasteiger partial charge is 0.490 e. The number of nitrogens with one attached hydrogen (secondary N) is 1. The Morgan fingerprint density at radius 1 is 0.933 bits per heavy atom. The Kier molecular flexibility index (Phi) is 6.53. The molecule has 0 saturated carbocycles. The summed E-state index contributed by atoms with van der Waals surface area (Å²) in [7, 11) is -3.99. The highest BCUT2D eigenvalue weighted by Crippen LogP contribution is 2.27. The van der Waals surface area contributed by atoms with Crippen molar-refractivity contribution in [2.45, 2.75) is 4.90 Å². The first-order valence-electron chi connectivity index (χ1n) is 8.81. The number of para-hydroxylation sites is 2. The van der Waals surface area contributed by atoms with E-state index in [1.807, 2.05) is 0 Å². The lowest BCUT2D eigenvalue weighted by Gasteiger charge is -2.14. The summed E-state index contributed by atoms with van der Waals surface area (Å²) in [6.45, 7) is 0.261. The van der Waals surface area contributed by atoms with Crippen LogP contribution in [0, 0.1) is 5.82 Å². The summed E-state index contributed by atoms with van der Waals surface area (Å²) >= 11 is 0. The molecule has 0 heterocycles. The number of benzene rings is 3. The highest BCUT2D eigenvalue weighted by Gasteiger charge is 2.17. The van der Waals surface area contributed by atoms with Gasteiger partial charge in [0.1, 0.15) is 30.5 Å². The van der Waals surface area contributed by atoms with Crippen LogP contribution in [0.2, 0.25) is 0 Å². The van der Waals surface area contributed by atoms with Crippen LogP contribution in [0.3, 0.4) is 0 Å². The van der Waals surface area contributed by atoms with Crippen LogP contribution >= 0.6 is 0 Å². The molecule has 3 aromatic rings. The predicted octanol–water partition coefficient (Wildman–Crippen LogP) is 3.78. The Morgan fingerprint density at radius 3 is 2.33 bits per heavy atom. The third kappa shape index (κ3) is 5.48. The lowest BCUT2D eigenvalue weighted by Crippen LogP contribution is -2.15. The molecule has 3 aromatic carbocycles. The zero-order valence-corrected chi connectivity index (χ0v) is 16.4. The number of ether oxygens (including phenoxy) is 2. The van der Waals surface area contributed by atoms with Gasteiger partial charge in [-0.3, -0.25) is 4.72 Å². The fourth-order valence-electron chi connectivity index (χ4n) is 2.52. The number of hydrogen-bond donors (Lipinski definition) is 2. The van der Waals surface area contributed by atoms with Gasteiger partial charge in [0.15, 0.2) is 0 Å². The van der Waals surface area contributed by atoms with E-state index in [1.165, 1.54) is 42.5 Å². The average molecular weight is 431 g/mol. The number of aromatic carboxylic acids is 1. The van der Waals surface area contributed by atoms with E-state index in [9.17, 15) is 17.6 Å². The Balaban J connectivity index is 1.61. The Hall–Kier alpha value is -3.59. The van der Waals surface area contributed by atoms with E-state index < -0.39 is 21.8 Å². The normalized spacial score (nSPS) is 11.0. The summed E-state index contributed by atoms with van der Waals surface area (Å²) in [5.41, 5.74) is 0.352. The number of halogens is 1. The van der Waals surface area contributed by atoms with Gasteiger partial charge < -0.3 is 14.6 Å². The van der Waals surface area contributed by atoms with Crippen molar-refractivity contribution in [3.63, 3.8) is 0 Å². The van der Waals surface area contributed by atoms with Crippen molar-refractivity contribution in [3.8, 4) is 11.5 Å². The van der Waals surface area contributed by atoms with E-state index in [-0.39, 0.29) is 35.1 Å². The maximum absolute atomic E-state index is 13.4. The summed E-state index contributed by atoms with van der Waals surface area (Å²) in [6, 6.07) is 17.0. The maximum atomic E-state index is 13.4. The van der Waals surface area contributed by atoms with E-state index in [4.69, 9.17) is 14.6 Å². The van der Waals surface area contributed by atoms with E-state index in [2.05, 4.69) is 4.72 Å². The van der Waals surface area contributed by atoms with Gasteiger partial charge in [0.05, 0.1) is 16.1 Å². The van der Waals surface area contributed by atoms with Crippen molar-refractivity contribution in [3.05, 3.63) is 84.2 Å². The fourth-order valence-corrected chi connectivity index (χ4v) is 3.62. The van der Waals surface area contributed by atoms with E-state index in [0.29, 0.717) is 5.75 Å². The maximum Gasteiger partial charge on any atom is 0.335 e. The second-order valence-electron chi connectivity index (χ2n) is 6.09. The molecule has 0 fully saturated rings. The Bertz CT molecular complexity index is 1130. The molecule has 30 heavy (non-hydrogen) atoms. The molecule has 9 heteroatoms. The Labute approximate surface area is 172 Å². The molecule has 0 amide bonds. The molecule has 0 bridgehead atoms. The van der Waals surface area contributed by atoms with Crippen molar-refractivity contribution >= 4 is 21.7 Å². The Morgan fingerprint density at radius 2 is 1.63 bits per heavy atom. The SMILES string of the molecule is O=C(O)c1ccc(OCCOc2ccccc2NS(=O)(=O)c2cccc(F)c2)cc1. The number of rotatable bonds is 9. The lowest BCUT2D eigenvalue weighted by atomic mass is 10.2. The highest BCUT2D eigenvalue weighted by atomic mass is 32.2. The van der Waals surface area contributed by atoms with Crippen LogP contribution in [0.25, 0.3) is 0 Å². The van der Waals surface area contributed by atoms with Gasteiger partial charge in [-0.25, -0.2) is 17.6 Å². The van der Waals surface area contributed by atoms with Crippen molar-refractivity contribution < 1.29 is 32.2 Å². The number of carboxylic acid groups (broad SMARTS) is 1. The summed E-state index contributed by atoms with van der Waals surface area (Å²) in [5.74, 6) is -0.927. The first kappa shape index (κ1) is 21.1. The molecule has 0 aromatic heterocycles. The molecule has 0 unspecified atom stereocenters. The third-order valence-corrected chi connectivity index (χ3v) is 5.31. The molecule has 0 radical (unpaired) electrons. The summed E-state index contributed by atoms with van der Waals surface area (Å²) in [5, 5.41) is 8.88. The van der Waals surface area contributed by atoms with Gasteiger partial charge in [-0.15, -0.1) is 0 Å². The molecular weight excluding hydrogens is 413 g/mol. The monoisotopic (exact) mass is 431 g/mol. The molecule has 3 rings (SSSR count). The summed E-state index contributed by atoms with van der Waals surface area (Å²) < 4.78 is 51.8. The molecule has 7 nitrogen and oxygen atoms in total. The zero-order chi connectivity index (χ0) is 21.6. The van der Waals surface area contributed by atoms with Crippen molar-refractivity contribution in [2.75, 3.05) is 17.9 Å². The quantitative estimate of drug-likeness (QED) is 0.500. The van der Waals surface area contributed by atoms with Crippen LogP contribution in [-0.2, 0) is 10.0 Å². The van der Waals surface area contributed by atoms with E-state index >= 15 is 0 Å². The van der Waals surface area contributed by atoms with Crippen molar-refractivity contribution in [1.29, 1.82) is 0 Å². The van der Waals surface area contributed by atoms with Gasteiger partial charge in [0, 0.05) is 0 Å². The molecule has 0 aliphatic rings. The molecular formula is C21H18FNO6S. The smallest absolute Gasteiger partial charge is 0.335 e. The van der Waals surface area contributed by atoms with Crippen LogP contribution in [0.4, 0.5) is 10.1 Å². The number of anilines is 1. The standard InChI is InChI=1S/C21H18FNO6S/c22-16-4-3-5-18(14-16)30(26,27)23-19-6-1-2-7-20(19)29-13-12-28-17-10-8-15(9-11-17)21(24)25/h1-11,14,23H,12-13H2,(H,24,25). The third-order valence-electron chi connectivity index (χ3n) is 3.95. The number of carbonyl (C=O) groups is 1. The molecule has 0 spiro atoms. The van der Waals surface area contributed by atoms with E-state index in [1.54, 1.807) is 18.2 Å². The first-order chi connectivity index (χ1) is 14.3. The van der Waals surface area contributed by atoms with Crippen LogP contribution in [0.15, 0.2) is 77.7 Å². The van der Waals surface area contributed by atoms with Gasteiger partial charge in [-0.1, -0.05) is 18.2 Å². The summed E-state index contributed by atoms with van der Waals surface area (Å²) in [6.07, 6.45) is 0. The molecule has 0 saturated heterocycles. The molecule has 156 valence electrons. The number of hydrogen-bond acceptors (Lipinski definition) is 5. The molecule has 0 aliphatic heterocycles. The van der Waals surface area contributed by atoms with Crippen molar-refractivity contribution in [2.24, 2.45) is 0 Å². The van der Waals surface area contributed by atoms with Crippen molar-refractivity contribution in [1.82, 2.24) is 0 Å². The van der Waals surface area contributed by atoms with Crippen LogP contribution in [0.5, 0.6) is 11.5 Å². The topological polar surface area (TPSA) is 102 Å². The predicted molar refractivity (Wildman–Crippen MR) is 108 cm³/mol. The zero-order valence-electron chi connectivity index (χ0n) is 15.6. The minimum atomic E-state index is -3.99. The van der Waals surface area contributed by atoms with E-state index in [0.717, 1.165) is 12.1 Å². The number of sulfonamides is 1. The minimum absolute atomic E-state index is 0.111. The first-order valence-corrected chi connectivity index (χ1v) is 10.3. The van der Waals surface area contributed by atoms with Crippen LogP contribution in [-0.4, -0.2) is 32.7 Å². The van der Waals surface area contributed by atoms with Gasteiger partial charge in [-0.05, 0) is 54.6 Å². The van der Waals surface area contributed by atoms with Gasteiger partial charge in [0.2, 0.25) is 0 Å². The molecule has 0 atom stereocenters. The van der Waals surface area contributed by atoms with Gasteiger partial charge in [-0.2, -0.15) is 0 Å². The second kappa shape index (κ2) is 9.27. The molecule has 0 aliphatic carbocycles. The fraction of sp³-hybridized carbons (Fsp3) is 0.0952.